The van der Waals surface area contributed by atoms with E-state index in [1.165, 1.54) is 19.3 Å². The summed E-state index contributed by atoms with van der Waals surface area (Å²) >= 11 is 0. The topological polar surface area (TPSA) is 80.8 Å². The van der Waals surface area contributed by atoms with E-state index in [0.717, 1.165) is 19.6 Å². The number of carbonyl (C=O) groups excluding carboxylic acids is 2. The van der Waals surface area contributed by atoms with Crippen molar-refractivity contribution in [3.8, 4) is 0 Å². The van der Waals surface area contributed by atoms with Gasteiger partial charge >= 0.3 is 0 Å². The molecule has 0 bridgehead atoms. The van der Waals surface area contributed by atoms with Gasteiger partial charge in [-0.15, -0.1) is 0 Å². The number of likely N-dealkylation sites (tertiary alicyclic amines) is 1. The van der Waals surface area contributed by atoms with E-state index < -0.39 is 11.2 Å². The lowest BCUT2D eigenvalue weighted by Gasteiger charge is -2.36. The van der Waals surface area contributed by atoms with Gasteiger partial charge < -0.3 is 33.6 Å². The lowest BCUT2D eigenvalue weighted by Crippen LogP contribution is -2.55. The van der Waals surface area contributed by atoms with Crippen molar-refractivity contribution in [1.29, 1.82) is 0 Å². The molecule has 0 aromatic carbocycles. The quantitative estimate of drug-likeness (QED) is 0.485. The molecule has 0 N–H and O–H groups in total. The van der Waals surface area contributed by atoms with E-state index >= 15 is 0 Å². The Hall–Kier alpha value is -1.26. The summed E-state index contributed by atoms with van der Waals surface area (Å²) in [5.74, 6) is -0.141. The molecule has 0 aromatic rings. The minimum atomic E-state index is -0.919. The molecule has 0 unspecified atom stereocenters. The number of hydrogen-bond donors (Lipinski definition) is 0. The Balaban J connectivity index is 1.63. The lowest BCUT2D eigenvalue weighted by molar-refractivity contribution is -0.158. The van der Waals surface area contributed by atoms with Crippen LogP contribution in [-0.4, -0.2) is 125 Å². The van der Waals surface area contributed by atoms with E-state index in [1.807, 2.05) is 4.90 Å². The SMILES string of the molecule is CO[C@@]1(C(=O)N(C)CCN(CCN2CCCCC2)C(=O)[C@@]2(OC)CCOC2)CCOC1. The van der Waals surface area contributed by atoms with Crippen LogP contribution >= 0.6 is 0 Å². The fourth-order valence-electron chi connectivity index (χ4n) is 4.69. The van der Waals surface area contributed by atoms with Crippen molar-refractivity contribution in [1.82, 2.24) is 14.7 Å². The summed E-state index contributed by atoms with van der Waals surface area (Å²) in [5.41, 5.74) is -1.83. The molecule has 0 radical (unpaired) electrons. The number of hydrogen-bond acceptors (Lipinski definition) is 7. The summed E-state index contributed by atoms with van der Waals surface area (Å²) in [6.45, 7) is 6.07. The van der Waals surface area contributed by atoms with Crippen LogP contribution in [0.25, 0.3) is 0 Å². The number of piperidine rings is 1. The van der Waals surface area contributed by atoms with E-state index in [9.17, 15) is 9.59 Å². The number of ether oxygens (including phenoxy) is 4. The Kier molecular flexibility index (Phi) is 8.69. The van der Waals surface area contributed by atoms with Gasteiger partial charge in [0, 0.05) is 60.3 Å². The van der Waals surface area contributed by atoms with E-state index in [0.29, 0.717) is 45.7 Å². The van der Waals surface area contributed by atoms with Crippen LogP contribution in [0.1, 0.15) is 32.1 Å². The van der Waals surface area contributed by atoms with Gasteiger partial charge in [-0.3, -0.25) is 9.59 Å². The summed E-state index contributed by atoms with van der Waals surface area (Å²) in [4.78, 5) is 32.4. The maximum Gasteiger partial charge on any atom is 0.257 e. The van der Waals surface area contributed by atoms with Crippen LogP contribution in [0, 0.1) is 0 Å². The van der Waals surface area contributed by atoms with Crippen molar-refractivity contribution in [2.24, 2.45) is 0 Å². The van der Waals surface area contributed by atoms with Gasteiger partial charge in [0.2, 0.25) is 0 Å². The average molecular weight is 442 g/mol. The van der Waals surface area contributed by atoms with Gasteiger partial charge in [-0.05, 0) is 25.9 Å². The number of amides is 2. The van der Waals surface area contributed by atoms with E-state index in [2.05, 4.69) is 4.90 Å². The molecule has 31 heavy (non-hydrogen) atoms. The van der Waals surface area contributed by atoms with E-state index in [-0.39, 0.29) is 25.0 Å². The molecule has 3 saturated heterocycles. The van der Waals surface area contributed by atoms with Crippen molar-refractivity contribution in [3.05, 3.63) is 0 Å². The van der Waals surface area contributed by atoms with Gasteiger partial charge in [-0.2, -0.15) is 0 Å². The average Bonchev–Trinajstić information content (AvgIpc) is 3.49. The first-order chi connectivity index (χ1) is 15.0. The maximum atomic E-state index is 13.5. The number of carbonyl (C=O) groups is 2. The zero-order valence-corrected chi connectivity index (χ0v) is 19.4. The minimum Gasteiger partial charge on any atom is -0.378 e. The second-order valence-corrected chi connectivity index (χ2v) is 8.92. The first kappa shape index (κ1) is 24.4. The molecule has 0 aliphatic carbocycles. The zero-order valence-electron chi connectivity index (χ0n) is 19.4. The molecule has 3 fully saturated rings. The lowest BCUT2D eigenvalue weighted by atomic mass is 10.0. The van der Waals surface area contributed by atoms with Gasteiger partial charge in [0.1, 0.15) is 0 Å². The van der Waals surface area contributed by atoms with Crippen LogP contribution < -0.4 is 0 Å². The zero-order chi connectivity index (χ0) is 22.3. The third-order valence-corrected chi connectivity index (χ3v) is 7.01. The third-order valence-electron chi connectivity index (χ3n) is 7.01. The number of nitrogens with zero attached hydrogens (tertiary/aromatic N) is 3. The van der Waals surface area contributed by atoms with Crippen LogP contribution in [-0.2, 0) is 28.5 Å². The van der Waals surface area contributed by atoms with E-state index in [4.69, 9.17) is 18.9 Å². The van der Waals surface area contributed by atoms with Crippen LogP contribution in [0.4, 0.5) is 0 Å². The molecule has 3 rings (SSSR count). The molecule has 3 aliphatic rings. The van der Waals surface area contributed by atoms with Crippen molar-refractivity contribution in [2.45, 2.75) is 43.3 Å². The first-order valence-corrected chi connectivity index (χ1v) is 11.5. The van der Waals surface area contributed by atoms with Crippen molar-refractivity contribution < 1.29 is 28.5 Å². The van der Waals surface area contributed by atoms with Crippen LogP contribution in [0.5, 0.6) is 0 Å². The van der Waals surface area contributed by atoms with Crippen LogP contribution in [0.2, 0.25) is 0 Å². The predicted octanol–water partition coefficient (Wildman–Crippen LogP) is 0.370. The van der Waals surface area contributed by atoms with Crippen LogP contribution in [0.3, 0.4) is 0 Å². The Morgan fingerprint density at radius 2 is 1.45 bits per heavy atom. The van der Waals surface area contributed by atoms with Gasteiger partial charge in [-0.1, -0.05) is 6.42 Å². The number of likely N-dealkylation sites (N-methyl/N-ethyl adjacent to an activating group) is 1. The smallest absolute Gasteiger partial charge is 0.257 e. The van der Waals surface area contributed by atoms with Gasteiger partial charge in [0.25, 0.3) is 11.8 Å². The fraction of sp³-hybridized carbons (Fsp3) is 0.909. The van der Waals surface area contributed by atoms with Gasteiger partial charge in [0.05, 0.1) is 26.4 Å². The molecule has 3 heterocycles. The van der Waals surface area contributed by atoms with Gasteiger partial charge in [-0.25, -0.2) is 0 Å². The van der Waals surface area contributed by atoms with Gasteiger partial charge in [0.15, 0.2) is 11.2 Å². The summed E-state index contributed by atoms with van der Waals surface area (Å²) < 4.78 is 22.1. The summed E-state index contributed by atoms with van der Waals surface area (Å²) in [7, 11) is 4.89. The fourth-order valence-corrected chi connectivity index (χ4v) is 4.69. The highest BCUT2D eigenvalue weighted by Crippen LogP contribution is 2.26. The molecular weight excluding hydrogens is 402 g/mol. The molecule has 9 nitrogen and oxygen atoms in total. The highest BCUT2D eigenvalue weighted by atomic mass is 16.6. The van der Waals surface area contributed by atoms with E-state index in [1.54, 1.807) is 26.2 Å². The van der Waals surface area contributed by atoms with Crippen molar-refractivity contribution in [3.63, 3.8) is 0 Å². The standard InChI is InChI=1S/C22H39N3O6/c1-23(19(26)21(28-2)7-15-30-17-21)11-13-25(14-12-24-9-5-4-6-10-24)20(27)22(29-3)8-16-31-18-22/h4-18H2,1-3H3/t21-,22+/m0/s1. The van der Waals surface area contributed by atoms with Crippen molar-refractivity contribution in [2.75, 3.05) is 87.0 Å². The number of methoxy groups -OCH3 is 2. The normalized spacial score (nSPS) is 29.3. The molecule has 2 amide bonds. The number of rotatable bonds is 10. The predicted molar refractivity (Wildman–Crippen MR) is 115 cm³/mol. The minimum absolute atomic E-state index is 0.0454. The molecule has 9 heteroatoms. The second-order valence-electron chi connectivity index (χ2n) is 8.92. The molecule has 0 spiro atoms. The summed E-state index contributed by atoms with van der Waals surface area (Å²) in [6.07, 6.45) is 4.81. The largest absolute Gasteiger partial charge is 0.378 e. The maximum absolute atomic E-state index is 13.5. The highest BCUT2D eigenvalue weighted by molar-refractivity contribution is 5.87. The molecule has 0 saturated carbocycles. The molecule has 2 atom stereocenters. The molecular formula is C22H39N3O6. The Morgan fingerprint density at radius 1 is 0.871 bits per heavy atom. The molecule has 3 aliphatic heterocycles. The van der Waals surface area contributed by atoms with Crippen molar-refractivity contribution >= 4 is 11.8 Å². The third kappa shape index (κ3) is 5.57. The first-order valence-electron chi connectivity index (χ1n) is 11.5. The molecule has 0 aromatic heterocycles. The van der Waals surface area contributed by atoms with Crippen LogP contribution in [0.15, 0.2) is 0 Å². The second kappa shape index (κ2) is 11.0. The Labute approximate surface area is 185 Å². The summed E-state index contributed by atoms with van der Waals surface area (Å²) in [5, 5.41) is 0. The Morgan fingerprint density at radius 3 is 1.97 bits per heavy atom. The Bertz CT molecular complexity index is 598. The summed E-state index contributed by atoms with van der Waals surface area (Å²) in [6, 6.07) is 0. The highest BCUT2D eigenvalue weighted by Gasteiger charge is 2.46. The monoisotopic (exact) mass is 441 g/mol. The molecule has 178 valence electrons.